The van der Waals surface area contributed by atoms with Crippen molar-refractivity contribution in [1.82, 2.24) is 20.7 Å². The van der Waals surface area contributed by atoms with Crippen LogP contribution < -0.4 is 10.6 Å². The third kappa shape index (κ3) is 5.90. The SMILES string of the molecule is Cc1noc(C)c1[C@H](C)NC(=O)NCCCN(C)Cc1ccccc1. The minimum absolute atomic E-state index is 0.132. The van der Waals surface area contributed by atoms with Crippen LogP contribution in [0.1, 0.15) is 42.0 Å². The molecule has 0 saturated carbocycles. The lowest BCUT2D eigenvalue weighted by Crippen LogP contribution is -2.38. The number of aryl methyl sites for hydroxylation is 2. The van der Waals surface area contributed by atoms with Crippen molar-refractivity contribution in [2.45, 2.75) is 39.8 Å². The number of amides is 2. The molecule has 2 rings (SSSR count). The van der Waals surface area contributed by atoms with Gasteiger partial charge in [0.05, 0.1) is 11.7 Å². The largest absolute Gasteiger partial charge is 0.361 e. The highest BCUT2D eigenvalue weighted by molar-refractivity contribution is 5.74. The molecule has 25 heavy (non-hydrogen) atoms. The molecule has 6 heteroatoms. The third-order valence-electron chi connectivity index (χ3n) is 4.17. The van der Waals surface area contributed by atoms with Gasteiger partial charge in [-0.15, -0.1) is 0 Å². The quantitative estimate of drug-likeness (QED) is 0.722. The number of nitrogens with zero attached hydrogens (tertiary/aromatic N) is 2. The minimum Gasteiger partial charge on any atom is -0.361 e. The van der Waals surface area contributed by atoms with Crippen molar-refractivity contribution in [2.75, 3.05) is 20.1 Å². The van der Waals surface area contributed by atoms with E-state index in [1.807, 2.05) is 26.8 Å². The van der Waals surface area contributed by atoms with Crippen LogP contribution in [0, 0.1) is 13.8 Å². The summed E-state index contributed by atoms with van der Waals surface area (Å²) in [5.41, 5.74) is 3.05. The molecule has 2 aromatic rings. The van der Waals surface area contributed by atoms with Gasteiger partial charge in [-0.1, -0.05) is 35.5 Å². The van der Waals surface area contributed by atoms with Gasteiger partial charge in [-0.25, -0.2) is 4.79 Å². The number of aromatic nitrogens is 1. The molecule has 1 atom stereocenters. The van der Waals surface area contributed by atoms with Crippen molar-refractivity contribution in [1.29, 1.82) is 0 Å². The number of nitrogens with one attached hydrogen (secondary N) is 2. The zero-order valence-corrected chi connectivity index (χ0v) is 15.5. The lowest BCUT2D eigenvalue weighted by Gasteiger charge is -2.17. The third-order valence-corrected chi connectivity index (χ3v) is 4.17. The van der Waals surface area contributed by atoms with E-state index in [-0.39, 0.29) is 12.1 Å². The Kier molecular flexibility index (Phi) is 7.01. The van der Waals surface area contributed by atoms with Crippen LogP contribution in [-0.4, -0.2) is 36.2 Å². The zero-order valence-electron chi connectivity index (χ0n) is 15.5. The summed E-state index contributed by atoms with van der Waals surface area (Å²) in [6.45, 7) is 8.14. The molecule has 0 fully saturated rings. The van der Waals surface area contributed by atoms with Crippen LogP contribution in [-0.2, 0) is 6.54 Å². The second kappa shape index (κ2) is 9.22. The Bertz CT molecular complexity index is 650. The van der Waals surface area contributed by atoms with Crippen molar-refractivity contribution in [2.24, 2.45) is 0 Å². The van der Waals surface area contributed by atoms with E-state index in [4.69, 9.17) is 4.52 Å². The minimum atomic E-state index is -0.168. The monoisotopic (exact) mass is 344 g/mol. The number of rotatable bonds is 8. The van der Waals surface area contributed by atoms with Gasteiger partial charge in [0, 0.05) is 18.7 Å². The predicted octanol–water partition coefficient (Wildman–Crippen LogP) is 3.17. The average Bonchev–Trinajstić information content (AvgIpc) is 2.91. The lowest BCUT2D eigenvalue weighted by molar-refractivity contribution is 0.236. The van der Waals surface area contributed by atoms with Gasteiger partial charge in [0.15, 0.2) is 0 Å². The Balaban J connectivity index is 1.65. The lowest BCUT2D eigenvalue weighted by atomic mass is 10.1. The standard InChI is InChI=1S/C19H28N4O2/c1-14(18-15(2)22-25-16(18)3)21-19(24)20-11-8-12-23(4)13-17-9-6-5-7-10-17/h5-7,9-10,14H,8,11-13H2,1-4H3,(H2,20,21,24)/t14-/m0/s1. The summed E-state index contributed by atoms with van der Waals surface area (Å²) in [6.07, 6.45) is 0.899. The summed E-state index contributed by atoms with van der Waals surface area (Å²) in [5.74, 6) is 0.743. The molecule has 0 aliphatic carbocycles. The van der Waals surface area contributed by atoms with Crippen LogP contribution in [0.4, 0.5) is 4.79 Å². The Labute approximate surface area is 149 Å². The smallest absolute Gasteiger partial charge is 0.315 e. The summed E-state index contributed by atoms with van der Waals surface area (Å²) >= 11 is 0. The average molecular weight is 344 g/mol. The first-order valence-corrected chi connectivity index (χ1v) is 8.67. The molecule has 0 unspecified atom stereocenters. The van der Waals surface area contributed by atoms with Crippen LogP contribution in [0.3, 0.4) is 0 Å². The van der Waals surface area contributed by atoms with E-state index in [0.29, 0.717) is 6.54 Å². The Morgan fingerprint density at radius 2 is 2.00 bits per heavy atom. The molecule has 2 N–H and O–H groups in total. The first-order chi connectivity index (χ1) is 12.0. The van der Waals surface area contributed by atoms with Crippen molar-refractivity contribution in [3.05, 3.63) is 52.9 Å². The number of benzene rings is 1. The molecule has 0 radical (unpaired) electrons. The summed E-state index contributed by atoms with van der Waals surface area (Å²) in [7, 11) is 2.09. The van der Waals surface area contributed by atoms with Gasteiger partial charge in [0.1, 0.15) is 5.76 Å². The molecule has 0 saturated heterocycles. The predicted molar refractivity (Wildman–Crippen MR) is 98.3 cm³/mol. The van der Waals surface area contributed by atoms with E-state index < -0.39 is 0 Å². The number of urea groups is 1. The normalized spacial score (nSPS) is 12.2. The Hall–Kier alpha value is -2.34. The van der Waals surface area contributed by atoms with E-state index in [1.54, 1.807) is 0 Å². The topological polar surface area (TPSA) is 70.4 Å². The molecule has 0 aliphatic rings. The van der Waals surface area contributed by atoms with Gasteiger partial charge in [0.2, 0.25) is 0 Å². The van der Waals surface area contributed by atoms with Gasteiger partial charge in [-0.2, -0.15) is 0 Å². The van der Waals surface area contributed by atoms with E-state index in [9.17, 15) is 4.79 Å². The van der Waals surface area contributed by atoms with Crippen LogP contribution in [0.5, 0.6) is 0 Å². The summed E-state index contributed by atoms with van der Waals surface area (Å²) in [5, 5.41) is 9.76. The second-order valence-corrected chi connectivity index (χ2v) is 6.44. The maximum atomic E-state index is 12.0. The molecule has 0 bridgehead atoms. The molecular formula is C19H28N4O2. The molecule has 1 heterocycles. The maximum absolute atomic E-state index is 12.0. The summed E-state index contributed by atoms with van der Waals surface area (Å²) < 4.78 is 5.14. The summed E-state index contributed by atoms with van der Waals surface area (Å²) in [4.78, 5) is 14.3. The Morgan fingerprint density at radius 1 is 1.28 bits per heavy atom. The molecule has 1 aromatic carbocycles. The number of hydrogen-bond acceptors (Lipinski definition) is 4. The molecule has 0 aliphatic heterocycles. The van der Waals surface area contributed by atoms with Gasteiger partial charge in [0.25, 0.3) is 0 Å². The van der Waals surface area contributed by atoms with Crippen molar-refractivity contribution < 1.29 is 9.32 Å². The van der Waals surface area contributed by atoms with Crippen molar-refractivity contribution >= 4 is 6.03 Å². The highest BCUT2D eigenvalue weighted by atomic mass is 16.5. The molecular weight excluding hydrogens is 316 g/mol. The van der Waals surface area contributed by atoms with Gasteiger partial charge in [-0.05, 0) is 46.3 Å². The van der Waals surface area contributed by atoms with E-state index in [2.05, 4.69) is 52.0 Å². The first kappa shape index (κ1) is 19.0. The second-order valence-electron chi connectivity index (χ2n) is 6.44. The molecule has 0 spiro atoms. The molecule has 6 nitrogen and oxygen atoms in total. The molecule has 2 amide bonds. The van der Waals surface area contributed by atoms with Crippen molar-refractivity contribution in [3.8, 4) is 0 Å². The van der Waals surface area contributed by atoms with Crippen LogP contribution in [0.2, 0.25) is 0 Å². The highest BCUT2D eigenvalue weighted by Crippen LogP contribution is 2.20. The number of carbonyl (C=O) groups excluding carboxylic acids is 1. The zero-order chi connectivity index (χ0) is 18.2. The highest BCUT2D eigenvalue weighted by Gasteiger charge is 2.17. The van der Waals surface area contributed by atoms with Gasteiger partial charge >= 0.3 is 6.03 Å². The summed E-state index contributed by atoms with van der Waals surface area (Å²) in [6, 6.07) is 10.1. The maximum Gasteiger partial charge on any atom is 0.315 e. The van der Waals surface area contributed by atoms with Crippen molar-refractivity contribution in [3.63, 3.8) is 0 Å². The van der Waals surface area contributed by atoms with Gasteiger partial charge < -0.3 is 20.1 Å². The number of carbonyl (C=O) groups is 1. The van der Waals surface area contributed by atoms with Crippen LogP contribution >= 0.6 is 0 Å². The first-order valence-electron chi connectivity index (χ1n) is 8.67. The fourth-order valence-electron chi connectivity index (χ4n) is 2.95. The fraction of sp³-hybridized carbons (Fsp3) is 0.474. The van der Waals surface area contributed by atoms with Crippen LogP contribution in [0.25, 0.3) is 0 Å². The van der Waals surface area contributed by atoms with Crippen LogP contribution in [0.15, 0.2) is 34.9 Å². The van der Waals surface area contributed by atoms with Gasteiger partial charge in [-0.3, -0.25) is 0 Å². The van der Waals surface area contributed by atoms with E-state index in [0.717, 1.165) is 36.5 Å². The Morgan fingerprint density at radius 3 is 2.64 bits per heavy atom. The fourth-order valence-corrected chi connectivity index (χ4v) is 2.95. The number of hydrogen-bond donors (Lipinski definition) is 2. The molecule has 1 aromatic heterocycles. The molecule has 136 valence electrons. The van der Waals surface area contributed by atoms with E-state index in [1.165, 1.54) is 5.56 Å². The van der Waals surface area contributed by atoms with E-state index >= 15 is 0 Å².